The van der Waals surface area contributed by atoms with Crippen molar-refractivity contribution < 1.29 is 4.79 Å². The molecule has 2 heterocycles. The summed E-state index contributed by atoms with van der Waals surface area (Å²) < 4.78 is 1.22. The van der Waals surface area contributed by atoms with Crippen LogP contribution in [-0.4, -0.2) is 60.4 Å². The third-order valence-electron chi connectivity index (χ3n) is 3.52. The van der Waals surface area contributed by atoms with E-state index in [9.17, 15) is 9.59 Å². The van der Waals surface area contributed by atoms with E-state index in [4.69, 9.17) is 0 Å². The quantitative estimate of drug-likeness (QED) is 0.776. The molecule has 2 rings (SSSR count). The molecule has 0 atom stereocenters. The van der Waals surface area contributed by atoms with Crippen LogP contribution in [0, 0.1) is 0 Å². The Morgan fingerprint density at radius 1 is 1.45 bits per heavy atom. The lowest BCUT2D eigenvalue weighted by Crippen LogP contribution is -2.48. The van der Waals surface area contributed by atoms with Gasteiger partial charge >= 0.3 is 0 Å². The van der Waals surface area contributed by atoms with Gasteiger partial charge in [-0.15, -0.1) is 0 Å². The van der Waals surface area contributed by atoms with Crippen molar-refractivity contribution in [3.05, 3.63) is 22.6 Å². The number of amides is 1. The van der Waals surface area contributed by atoms with Crippen LogP contribution in [0.25, 0.3) is 0 Å². The topological polar surface area (TPSA) is 70.5 Å². The second-order valence-corrected chi connectivity index (χ2v) is 4.85. The molecule has 1 amide bonds. The van der Waals surface area contributed by atoms with E-state index in [2.05, 4.69) is 10.4 Å². The molecule has 0 radical (unpaired) electrons. The molecule has 1 aliphatic heterocycles. The van der Waals surface area contributed by atoms with Crippen LogP contribution in [0.2, 0.25) is 0 Å². The number of piperazine rings is 1. The van der Waals surface area contributed by atoms with Gasteiger partial charge in [-0.3, -0.25) is 9.59 Å². The average molecular weight is 279 g/mol. The van der Waals surface area contributed by atoms with Crippen molar-refractivity contribution in [2.45, 2.75) is 13.5 Å². The number of carbonyl (C=O) groups excluding carboxylic acids is 1. The highest BCUT2D eigenvalue weighted by Gasteiger charge is 2.17. The summed E-state index contributed by atoms with van der Waals surface area (Å²) in [4.78, 5) is 27.7. The fourth-order valence-corrected chi connectivity index (χ4v) is 2.08. The van der Waals surface area contributed by atoms with E-state index in [-0.39, 0.29) is 18.0 Å². The highest BCUT2D eigenvalue weighted by atomic mass is 16.2. The van der Waals surface area contributed by atoms with E-state index in [1.165, 1.54) is 10.7 Å². The molecule has 0 saturated carbocycles. The average Bonchev–Trinajstić information content (AvgIpc) is 2.49. The summed E-state index contributed by atoms with van der Waals surface area (Å²) >= 11 is 0. The van der Waals surface area contributed by atoms with Gasteiger partial charge < -0.3 is 15.1 Å². The lowest BCUT2D eigenvalue weighted by atomic mass is 10.3. The van der Waals surface area contributed by atoms with E-state index < -0.39 is 0 Å². The molecular weight excluding hydrogens is 258 g/mol. The van der Waals surface area contributed by atoms with Gasteiger partial charge in [0.25, 0.3) is 5.56 Å². The van der Waals surface area contributed by atoms with Gasteiger partial charge in [-0.1, -0.05) is 0 Å². The minimum atomic E-state index is -0.244. The zero-order valence-electron chi connectivity index (χ0n) is 12.0. The molecule has 7 nitrogen and oxygen atoms in total. The molecule has 0 bridgehead atoms. The fraction of sp³-hybridized carbons (Fsp3) is 0.615. The highest BCUT2D eigenvalue weighted by molar-refractivity contribution is 5.76. The number of hydrogen-bond donors (Lipinski definition) is 1. The number of anilines is 1. The maximum Gasteiger partial charge on any atom is 0.269 e. The lowest BCUT2D eigenvalue weighted by molar-refractivity contribution is -0.132. The molecule has 1 aromatic heterocycles. The Kier molecular flexibility index (Phi) is 4.73. The van der Waals surface area contributed by atoms with Crippen LogP contribution in [0.4, 0.5) is 5.69 Å². The normalized spacial score (nSPS) is 15.2. The fourth-order valence-electron chi connectivity index (χ4n) is 2.08. The van der Waals surface area contributed by atoms with E-state index >= 15 is 0 Å². The van der Waals surface area contributed by atoms with Crippen molar-refractivity contribution in [2.24, 2.45) is 0 Å². The van der Waals surface area contributed by atoms with Crippen LogP contribution in [0.1, 0.15) is 6.92 Å². The molecule has 0 aromatic carbocycles. The van der Waals surface area contributed by atoms with Gasteiger partial charge in [0, 0.05) is 45.8 Å². The molecule has 1 N–H and O–H groups in total. The van der Waals surface area contributed by atoms with Gasteiger partial charge in [0.1, 0.15) is 6.54 Å². The first-order valence-electron chi connectivity index (χ1n) is 6.88. The molecule has 0 aliphatic carbocycles. The zero-order valence-corrected chi connectivity index (χ0v) is 12.0. The molecule has 1 fully saturated rings. The van der Waals surface area contributed by atoms with Crippen molar-refractivity contribution >= 4 is 11.6 Å². The SMILES string of the molecule is CCN(C)c1cnn(CC(=O)N2CCNCC2)c(=O)c1. The summed E-state index contributed by atoms with van der Waals surface area (Å²) in [5.41, 5.74) is 0.523. The Bertz CT molecular complexity index is 522. The number of hydrogen-bond acceptors (Lipinski definition) is 5. The Balaban J connectivity index is 2.06. The first-order valence-corrected chi connectivity index (χ1v) is 6.88. The third-order valence-corrected chi connectivity index (χ3v) is 3.52. The summed E-state index contributed by atoms with van der Waals surface area (Å²) in [5.74, 6) is -0.0577. The molecule has 0 spiro atoms. The van der Waals surface area contributed by atoms with Crippen LogP contribution in [0.3, 0.4) is 0 Å². The molecule has 110 valence electrons. The van der Waals surface area contributed by atoms with E-state index in [0.29, 0.717) is 13.1 Å². The summed E-state index contributed by atoms with van der Waals surface area (Å²) in [6, 6.07) is 1.52. The van der Waals surface area contributed by atoms with Crippen LogP contribution >= 0.6 is 0 Å². The second-order valence-electron chi connectivity index (χ2n) is 4.85. The van der Waals surface area contributed by atoms with Crippen molar-refractivity contribution in [3.8, 4) is 0 Å². The van der Waals surface area contributed by atoms with Gasteiger partial charge in [-0.25, -0.2) is 4.68 Å². The molecule has 7 heteroatoms. The minimum absolute atomic E-state index is 0.00888. The molecule has 1 aliphatic rings. The van der Waals surface area contributed by atoms with E-state index in [1.807, 2.05) is 18.9 Å². The largest absolute Gasteiger partial charge is 0.373 e. The predicted octanol–water partition coefficient (Wildman–Crippen LogP) is -0.869. The second kappa shape index (κ2) is 6.51. The predicted molar refractivity (Wildman–Crippen MR) is 76.9 cm³/mol. The summed E-state index contributed by atoms with van der Waals surface area (Å²) in [6.45, 7) is 5.77. The summed E-state index contributed by atoms with van der Waals surface area (Å²) in [5, 5.41) is 7.27. The van der Waals surface area contributed by atoms with Crippen LogP contribution in [0.5, 0.6) is 0 Å². The van der Waals surface area contributed by atoms with Gasteiger partial charge in [-0.2, -0.15) is 5.10 Å². The maximum atomic E-state index is 12.1. The van der Waals surface area contributed by atoms with Gasteiger partial charge in [0.05, 0.1) is 11.9 Å². The molecule has 1 aromatic rings. The molecule has 20 heavy (non-hydrogen) atoms. The lowest BCUT2D eigenvalue weighted by Gasteiger charge is -2.27. The Labute approximate surface area is 118 Å². The first kappa shape index (κ1) is 14.5. The smallest absolute Gasteiger partial charge is 0.269 e. The number of nitrogens with one attached hydrogen (secondary N) is 1. The molecule has 0 unspecified atom stereocenters. The van der Waals surface area contributed by atoms with Crippen molar-refractivity contribution in [2.75, 3.05) is 44.7 Å². The third kappa shape index (κ3) is 3.36. The van der Waals surface area contributed by atoms with Crippen molar-refractivity contribution in [1.82, 2.24) is 20.0 Å². The van der Waals surface area contributed by atoms with Crippen molar-refractivity contribution in [3.63, 3.8) is 0 Å². The standard InChI is InChI=1S/C13H21N5O2/c1-3-16(2)11-8-12(19)18(15-9-11)10-13(20)17-6-4-14-5-7-17/h8-9,14H,3-7,10H2,1-2H3. The number of carbonyl (C=O) groups is 1. The molecular formula is C13H21N5O2. The summed E-state index contributed by atoms with van der Waals surface area (Å²) in [6.07, 6.45) is 1.62. The Morgan fingerprint density at radius 2 is 2.15 bits per heavy atom. The molecule has 1 saturated heterocycles. The van der Waals surface area contributed by atoms with Crippen molar-refractivity contribution in [1.29, 1.82) is 0 Å². The number of rotatable bonds is 4. The Hall–Kier alpha value is -1.89. The Morgan fingerprint density at radius 3 is 2.75 bits per heavy atom. The monoisotopic (exact) mass is 279 g/mol. The van der Waals surface area contributed by atoms with Gasteiger partial charge in [0.15, 0.2) is 0 Å². The van der Waals surface area contributed by atoms with Crippen LogP contribution in [0.15, 0.2) is 17.1 Å². The number of aromatic nitrogens is 2. The van der Waals surface area contributed by atoms with Crippen LogP contribution in [-0.2, 0) is 11.3 Å². The van der Waals surface area contributed by atoms with Gasteiger partial charge in [0.2, 0.25) is 5.91 Å². The first-order chi connectivity index (χ1) is 9.61. The maximum absolute atomic E-state index is 12.1. The van der Waals surface area contributed by atoms with Crippen LogP contribution < -0.4 is 15.8 Å². The highest BCUT2D eigenvalue weighted by Crippen LogP contribution is 2.05. The minimum Gasteiger partial charge on any atom is -0.373 e. The van der Waals surface area contributed by atoms with E-state index in [0.717, 1.165) is 25.3 Å². The number of nitrogens with zero attached hydrogens (tertiary/aromatic N) is 4. The summed E-state index contributed by atoms with van der Waals surface area (Å²) in [7, 11) is 1.90. The van der Waals surface area contributed by atoms with E-state index in [1.54, 1.807) is 11.1 Å². The van der Waals surface area contributed by atoms with Gasteiger partial charge in [-0.05, 0) is 6.92 Å². The zero-order chi connectivity index (χ0) is 14.5.